The van der Waals surface area contributed by atoms with Crippen LogP contribution in [0.1, 0.15) is 31.6 Å². The molecule has 2 fully saturated rings. The van der Waals surface area contributed by atoms with Crippen molar-refractivity contribution in [3.63, 3.8) is 0 Å². The number of imidazole rings is 1. The Hall–Kier alpha value is -3.58. The van der Waals surface area contributed by atoms with Gasteiger partial charge in [-0.3, -0.25) is 4.57 Å². The van der Waals surface area contributed by atoms with Gasteiger partial charge in [0.05, 0.1) is 6.33 Å². The SMILES string of the molecule is CN(c1nc(N)nc2c1ncn2[C@@H]1O[C@](F)(CO)[C@@H](OC(=O)OCc2ccccc2)[C@@]1(C)F)C1CC1. The summed E-state index contributed by atoms with van der Waals surface area (Å²) in [6.07, 6.45) is -2.00. The van der Waals surface area contributed by atoms with Gasteiger partial charge < -0.3 is 30.0 Å². The molecule has 1 aliphatic carbocycles. The fraction of sp³-hybridized carbons (Fsp3) is 0.478. The maximum absolute atomic E-state index is 16.2. The summed E-state index contributed by atoms with van der Waals surface area (Å²) in [5, 5.41) is 9.73. The molecule has 1 aromatic carbocycles. The first-order valence-corrected chi connectivity index (χ1v) is 11.4. The maximum atomic E-state index is 16.2. The molecule has 1 aliphatic heterocycles. The lowest BCUT2D eigenvalue weighted by Crippen LogP contribution is -2.49. The normalized spacial score (nSPS) is 27.8. The first kappa shape index (κ1) is 24.1. The van der Waals surface area contributed by atoms with E-state index in [9.17, 15) is 9.90 Å². The fourth-order valence-corrected chi connectivity index (χ4v) is 4.38. The van der Waals surface area contributed by atoms with Crippen LogP contribution >= 0.6 is 0 Å². The number of carbonyl (C=O) groups excluding carboxylic acids is 1. The van der Waals surface area contributed by atoms with Crippen LogP contribution in [0.4, 0.5) is 25.3 Å². The summed E-state index contributed by atoms with van der Waals surface area (Å²) in [4.78, 5) is 27.0. The van der Waals surface area contributed by atoms with Crippen molar-refractivity contribution in [2.75, 3.05) is 24.3 Å². The van der Waals surface area contributed by atoms with Gasteiger partial charge in [-0.2, -0.15) is 9.97 Å². The first-order valence-electron chi connectivity index (χ1n) is 11.4. The summed E-state index contributed by atoms with van der Waals surface area (Å²) >= 11 is 0. The molecule has 3 N–H and O–H groups in total. The van der Waals surface area contributed by atoms with Crippen LogP contribution in [0.2, 0.25) is 0 Å². The third kappa shape index (κ3) is 4.17. The summed E-state index contributed by atoms with van der Waals surface area (Å²) in [5.74, 6) is -2.71. The molecule has 5 rings (SSSR count). The minimum Gasteiger partial charge on any atom is -0.429 e. The van der Waals surface area contributed by atoms with Gasteiger partial charge in [0.1, 0.15) is 13.2 Å². The largest absolute Gasteiger partial charge is 0.509 e. The summed E-state index contributed by atoms with van der Waals surface area (Å²) in [6.45, 7) is -0.450. The van der Waals surface area contributed by atoms with Crippen molar-refractivity contribution < 1.29 is 32.9 Å². The van der Waals surface area contributed by atoms with Crippen molar-refractivity contribution in [1.29, 1.82) is 0 Å². The number of aliphatic hydroxyl groups excluding tert-OH is 1. The van der Waals surface area contributed by atoms with Crippen molar-refractivity contribution >= 4 is 29.1 Å². The average Bonchev–Trinajstić information content (AvgIpc) is 3.60. The molecule has 3 heterocycles. The van der Waals surface area contributed by atoms with Crippen molar-refractivity contribution in [1.82, 2.24) is 19.5 Å². The standard InChI is InChI=1S/C23H26F2N6O5/c1-22(24)18(35-21(33)34-10-13-6-4-3-5-7-13)23(25,11-32)36-19(22)31-12-27-15-16(30(2)14-8-9-14)28-20(26)29-17(15)31/h3-7,12,14,18-19,32H,8-11H2,1-2H3,(H2,26,28,29)/t18-,19+,22+,23+/m0/s1. The number of hydrogen-bond acceptors (Lipinski definition) is 10. The van der Waals surface area contributed by atoms with Crippen molar-refractivity contribution in [2.45, 2.75) is 56.3 Å². The summed E-state index contributed by atoms with van der Waals surface area (Å²) in [6, 6.07) is 8.97. The van der Waals surface area contributed by atoms with Gasteiger partial charge in [-0.05, 0) is 25.3 Å². The van der Waals surface area contributed by atoms with E-state index in [2.05, 4.69) is 15.0 Å². The number of ether oxygens (including phenoxy) is 3. The molecular formula is C23H26F2N6O5. The number of benzene rings is 1. The molecule has 0 radical (unpaired) electrons. The number of fused-ring (bicyclic) bond motifs is 1. The summed E-state index contributed by atoms with van der Waals surface area (Å²) in [7, 11) is 1.84. The lowest BCUT2D eigenvalue weighted by atomic mass is 9.97. The quantitative estimate of drug-likeness (QED) is 0.462. The highest BCUT2D eigenvalue weighted by atomic mass is 19.2. The Morgan fingerprint density at radius 3 is 2.69 bits per heavy atom. The van der Waals surface area contributed by atoms with Crippen molar-refractivity contribution in [2.24, 2.45) is 0 Å². The zero-order valence-corrected chi connectivity index (χ0v) is 19.7. The second-order valence-corrected chi connectivity index (χ2v) is 9.16. The topological polar surface area (TPSA) is 138 Å². The number of nitrogen functional groups attached to an aromatic ring is 1. The van der Waals surface area contributed by atoms with Crippen LogP contribution in [-0.2, 0) is 20.8 Å². The van der Waals surface area contributed by atoms with Crippen LogP contribution in [0.15, 0.2) is 36.7 Å². The molecule has 4 atom stereocenters. The van der Waals surface area contributed by atoms with Gasteiger partial charge in [-0.25, -0.2) is 18.6 Å². The first-order chi connectivity index (χ1) is 17.1. The molecule has 192 valence electrons. The number of halogens is 2. The van der Waals surface area contributed by atoms with Gasteiger partial charge >= 0.3 is 6.16 Å². The molecule has 11 nitrogen and oxygen atoms in total. The molecule has 1 saturated carbocycles. The third-order valence-electron chi connectivity index (χ3n) is 6.43. The van der Waals surface area contributed by atoms with E-state index < -0.39 is 36.6 Å². The van der Waals surface area contributed by atoms with Crippen LogP contribution < -0.4 is 10.6 Å². The molecule has 2 aliphatic rings. The van der Waals surface area contributed by atoms with Gasteiger partial charge in [0.2, 0.25) is 12.1 Å². The molecule has 2 aromatic heterocycles. The third-order valence-corrected chi connectivity index (χ3v) is 6.43. The zero-order valence-electron chi connectivity index (χ0n) is 19.7. The van der Waals surface area contributed by atoms with E-state index in [1.807, 2.05) is 11.9 Å². The van der Waals surface area contributed by atoms with Crippen LogP contribution in [0.3, 0.4) is 0 Å². The second-order valence-electron chi connectivity index (χ2n) is 9.16. The molecule has 0 amide bonds. The summed E-state index contributed by atoms with van der Waals surface area (Å²) < 4.78 is 48.3. The molecule has 13 heteroatoms. The van der Waals surface area contributed by atoms with Crippen LogP contribution in [0.5, 0.6) is 0 Å². The monoisotopic (exact) mass is 504 g/mol. The highest BCUT2D eigenvalue weighted by Crippen LogP contribution is 2.50. The minimum absolute atomic E-state index is 0.0868. The van der Waals surface area contributed by atoms with Gasteiger partial charge in [-0.1, -0.05) is 30.3 Å². The van der Waals surface area contributed by atoms with E-state index in [0.717, 1.165) is 24.3 Å². The number of carbonyl (C=O) groups is 1. The smallest absolute Gasteiger partial charge is 0.429 e. The maximum Gasteiger partial charge on any atom is 0.509 e. The Morgan fingerprint density at radius 1 is 1.31 bits per heavy atom. The molecule has 3 aromatic rings. The number of hydrogen-bond donors (Lipinski definition) is 2. The van der Waals surface area contributed by atoms with E-state index in [4.69, 9.17) is 19.9 Å². The van der Waals surface area contributed by atoms with E-state index in [-0.39, 0.29) is 24.2 Å². The van der Waals surface area contributed by atoms with Gasteiger partial charge in [-0.15, -0.1) is 0 Å². The van der Waals surface area contributed by atoms with Gasteiger partial charge in [0.15, 0.2) is 28.9 Å². The highest BCUT2D eigenvalue weighted by molar-refractivity contribution is 5.85. The Labute approximate surface area is 204 Å². The second kappa shape index (κ2) is 8.82. The fourth-order valence-electron chi connectivity index (χ4n) is 4.38. The Morgan fingerprint density at radius 2 is 2.03 bits per heavy atom. The molecular weight excluding hydrogens is 478 g/mol. The lowest BCUT2D eigenvalue weighted by Gasteiger charge is -2.28. The van der Waals surface area contributed by atoms with Crippen molar-refractivity contribution in [3.8, 4) is 0 Å². The number of nitrogens with zero attached hydrogens (tertiary/aromatic N) is 5. The number of anilines is 2. The molecule has 0 spiro atoms. The number of aromatic nitrogens is 4. The number of alkyl halides is 2. The lowest BCUT2D eigenvalue weighted by molar-refractivity contribution is -0.209. The Balaban J connectivity index is 1.43. The van der Waals surface area contributed by atoms with Gasteiger partial charge in [0.25, 0.3) is 5.85 Å². The summed E-state index contributed by atoms with van der Waals surface area (Å²) in [5.41, 5.74) is 4.31. The molecule has 36 heavy (non-hydrogen) atoms. The number of rotatable bonds is 7. The number of aliphatic hydroxyl groups is 1. The van der Waals surface area contributed by atoms with Crippen molar-refractivity contribution in [3.05, 3.63) is 42.2 Å². The average molecular weight is 504 g/mol. The molecule has 0 unspecified atom stereocenters. The zero-order chi connectivity index (χ0) is 25.7. The Bertz CT molecular complexity index is 1270. The van der Waals surface area contributed by atoms with E-state index in [1.54, 1.807) is 30.3 Å². The predicted molar refractivity (Wildman–Crippen MR) is 123 cm³/mol. The van der Waals surface area contributed by atoms with E-state index in [0.29, 0.717) is 16.9 Å². The predicted octanol–water partition coefficient (Wildman–Crippen LogP) is 2.64. The van der Waals surface area contributed by atoms with Gasteiger partial charge in [0, 0.05) is 13.1 Å². The number of nitrogens with two attached hydrogens (primary N) is 1. The Kier molecular flexibility index (Phi) is 5.91. The van der Waals surface area contributed by atoms with E-state index >= 15 is 8.78 Å². The molecule has 1 saturated heterocycles. The molecule has 0 bridgehead atoms. The van der Waals surface area contributed by atoms with Crippen LogP contribution in [-0.4, -0.2) is 68.1 Å². The highest BCUT2D eigenvalue weighted by Gasteiger charge is 2.67. The van der Waals surface area contributed by atoms with E-state index in [1.165, 1.54) is 6.33 Å². The minimum atomic E-state index is -3.07. The van der Waals surface area contributed by atoms with Crippen LogP contribution in [0.25, 0.3) is 11.2 Å². The van der Waals surface area contributed by atoms with Crippen LogP contribution in [0, 0.1) is 0 Å².